The van der Waals surface area contributed by atoms with Gasteiger partial charge >= 0.3 is 0 Å². The van der Waals surface area contributed by atoms with Gasteiger partial charge < -0.3 is 19.7 Å². The van der Waals surface area contributed by atoms with Gasteiger partial charge in [-0.15, -0.1) is 0 Å². The lowest BCUT2D eigenvalue weighted by Gasteiger charge is -2.31. The van der Waals surface area contributed by atoms with Crippen LogP contribution in [0.15, 0.2) is 59.8 Å². The van der Waals surface area contributed by atoms with Crippen LogP contribution in [-0.4, -0.2) is 54.8 Å². The second-order valence-corrected chi connectivity index (χ2v) is 12.7. The van der Waals surface area contributed by atoms with E-state index in [1.165, 1.54) is 30.9 Å². The number of carbonyl (C=O) groups excluding carboxylic acids is 1. The van der Waals surface area contributed by atoms with Gasteiger partial charge in [-0.1, -0.05) is 12.5 Å². The Labute approximate surface area is 237 Å². The molecule has 10 nitrogen and oxygen atoms in total. The molecule has 1 saturated carbocycles. The fourth-order valence-electron chi connectivity index (χ4n) is 5.43. The zero-order valence-electron chi connectivity index (χ0n) is 22.4. The van der Waals surface area contributed by atoms with Crippen molar-refractivity contribution >= 4 is 38.3 Å². The third-order valence-electron chi connectivity index (χ3n) is 8.00. The summed E-state index contributed by atoms with van der Waals surface area (Å²) < 4.78 is 36.5. The molecule has 41 heavy (non-hydrogen) atoms. The molecule has 1 amide bonds. The second-order valence-electron chi connectivity index (χ2n) is 10.6. The van der Waals surface area contributed by atoms with Crippen molar-refractivity contribution < 1.29 is 22.7 Å². The van der Waals surface area contributed by atoms with Crippen LogP contribution in [-0.2, 0) is 27.7 Å². The number of sulfone groups is 1. The smallest absolute Gasteiger partial charge is 0.251 e. The number of carbonyl (C=O) groups is 1. The largest absolute Gasteiger partial charge is 0.488 e. The SMILES string of the molecule is O=C(NCc1cc2nc(N3CCOc4cc(C5CCC5)cnc43)ccc2cn1)c1ccc2c(c1)S(=O)(=O)CCOC2. The normalized spacial score (nSPS) is 18.0. The number of pyridine rings is 3. The Balaban J connectivity index is 1.10. The number of anilines is 2. The van der Waals surface area contributed by atoms with Crippen LogP contribution in [0.3, 0.4) is 0 Å². The fourth-order valence-corrected chi connectivity index (χ4v) is 6.82. The minimum atomic E-state index is -3.50. The Morgan fingerprint density at radius 1 is 1.05 bits per heavy atom. The number of hydrogen-bond donors (Lipinski definition) is 1. The Kier molecular flexibility index (Phi) is 6.55. The van der Waals surface area contributed by atoms with Crippen molar-refractivity contribution in [2.24, 2.45) is 0 Å². The molecule has 2 aliphatic heterocycles. The van der Waals surface area contributed by atoms with Crippen molar-refractivity contribution in [2.75, 3.05) is 30.4 Å². The molecular weight excluding hydrogens is 542 g/mol. The Bertz CT molecular complexity index is 1770. The maximum Gasteiger partial charge on any atom is 0.251 e. The molecule has 1 aromatic carbocycles. The molecule has 1 aliphatic carbocycles. The number of nitrogens with one attached hydrogen (secondary N) is 1. The minimum Gasteiger partial charge on any atom is -0.488 e. The van der Waals surface area contributed by atoms with Crippen molar-refractivity contribution in [1.82, 2.24) is 20.3 Å². The molecule has 0 spiro atoms. The number of ether oxygens (including phenoxy) is 2. The molecule has 4 aromatic rings. The van der Waals surface area contributed by atoms with Crippen molar-refractivity contribution in [3.63, 3.8) is 0 Å². The maximum absolute atomic E-state index is 12.9. The summed E-state index contributed by atoms with van der Waals surface area (Å²) >= 11 is 0. The molecule has 11 heteroatoms. The highest BCUT2D eigenvalue weighted by molar-refractivity contribution is 7.91. The van der Waals surface area contributed by atoms with Crippen molar-refractivity contribution in [3.05, 3.63) is 77.2 Å². The van der Waals surface area contributed by atoms with E-state index in [9.17, 15) is 13.2 Å². The van der Waals surface area contributed by atoms with Gasteiger partial charge in [0.05, 0.1) is 48.2 Å². The molecule has 1 N–H and O–H groups in total. The van der Waals surface area contributed by atoms with E-state index in [2.05, 4.69) is 21.3 Å². The van der Waals surface area contributed by atoms with Gasteiger partial charge in [0.1, 0.15) is 12.4 Å². The molecule has 3 aliphatic rings. The number of benzene rings is 1. The first-order valence-electron chi connectivity index (χ1n) is 13.8. The van der Waals surface area contributed by atoms with Gasteiger partial charge in [-0.2, -0.15) is 0 Å². The van der Waals surface area contributed by atoms with E-state index < -0.39 is 9.84 Å². The van der Waals surface area contributed by atoms with Crippen LogP contribution in [0.2, 0.25) is 0 Å². The molecule has 0 unspecified atom stereocenters. The zero-order valence-corrected chi connectivity index (χ0v) is 23.2. The van der Waals surface area contributed by atoms with E-state index >= 15 is 0 Å². The number of fused-ring (bicyclic) bond motifs is 3. The molecule has 1 fully saturated rings. The van der Waals surface area contributed by atoms with Crippen LogP contribution < -0.4 is 15.0 Å². The molecule has 3 aromatic heterocycles. The highest BCUT2D eigenvalue weighted by Crippen LogP contribution is 2.41. The lowest BCUT2D eigenvalue weighted by atomic mass is 9.81. The first kappa shape index (κ1) is 25.8. The summed E-state index contributed by atoms with van der Waals surface area (Å²) in [4.78, 5) is 29.3. The number of rotatable bonds is 5. The van der Waals surface area contributed by atoms with Gasteiger partial charge in [-0.3, -0.25) is 9.78 Å². The zero-order chi connectivity index (χ0) is 28.0. The lowest BCUT2D eigenvalue weighted by Crippen LogP contribution is -2.30. The molecule has 0 atom stereocenters. The Morgan fingerprint density at radius 3 is 2.80 bits per heavy atom. The van der Waals surface area contributed by atoms with E-state index in [-0.39, 0.29) is 41.9 Å². The van der Waals surface area contributed by atoms with Gasteiger partial charge in [0.2, 0.25) is 0 Å². The van der Waals surface area contributed by atoms with Gasteiger partial charge in [0, 0.05) is 23.3 Å². The van der Waals surface area contributed by atoms with E-state index in [0.29, 0.717) is 30.3 Å². The summed E-state index contributed by atoms with van der Waals surface area (Å²) in [6, 6.07) is 12.6. The number of aromatic nitrogens is 3. The van der Waals surface area contributed by atoms with Crippen LogP contribution in [0.1, 0.15) is 52.4 Å². The topological polar surface area (TPSA) is 124 Å². The monoisotopic (exact) mass is 571 g/mol. The van der Waals surface area contributed by atoms with Gasteiger partial charge in [-0.05, 0) is 66.3 Å². The summed E-state index contributed by atoms with van der Waals surface area (Å²) in [5.74, 6) is 2.42. The van der Waals surface area contributed by atoms with Crippen molar-refractivity contribution in [1.29, 1.82) is 0 Å². The minimum absolute atomic E-state index is 0.103. The van der Waals surface area contributed by atoms with Gasteiger partial charge in [0.25, 0.3) is 5.91 Å². The van der Waals surface area contributed by atoms with Gasteiger partial charge in [-0.25, -0.2) is 18.4 Å². The fraction of sp³-hybridized carbons (Fsp3) is 0.333. The summed E-state index contributed by atoms with van der Waals surface area (Å²) in [5, 5.41) is 3.73. The van der Waals surface area contributed by atoms with Crippen LogP contribution in [0.5, 0.6) is 5.75 Å². The summed E-state index contributed by atoms with van der Waals surface area (Å²) in [6.07, 6.45) is 7.38. The molecule has 0 bridgehead atoms. The molecule has 210 valence electrons. The summed E-state index contributed by atoms with van der Waals surface area (Å²) in [6.45, 7) is 1.70. The number of nitrogens with zero attached hydrogens (tertiary/aromatic N) is 4. The molecular formula is C30H29N5O5S. The van der Waals surface area contributed by atoms with Crippen LogP contribution in [0, 0.1) is 0 Å². The molecule has 7 rings (SSSR count). The first-order chi connectivity index (χ1) is 19.9. The van der Waals surface area contributed by atoms with Crippen LogP contribution in [0.25, 0.3) is 10.9 Å². The standard InChI is InChI=1S/C30H29N5O5S/c36-30(20-4-5-22-18-39-10-11-41(37,38)27(22)13-20)33-17-24-14-25-21(15-31-24)6-7-28(34-25)35-8-9-40-26-12-23(16-32-29(26)35)19-2-1-3-19/h4-7,12-16,19H,1-3,8-11,17-18H2,(H,33,36). The quantitative estimate of drug-likeness (QED) is 0.378. The highest BCUT2D eigenvalue weighted by atomic mass is 32.2. The second kappa shape index (κ2) is 10.4. The van der Waals surface area contributed by atoms with Crippen LogP contribution >= 0.6 is 0 Å². The average molecular weight is 572 g/mol. The highest BCUT2D eigenvalue weighted by Gasteiger charge is 2.27. The molecule has 0 radical (unpaired) electrons. The maximum atomic E-state index is 12.9. The Hall–Kier alpha value is -4.09. The lowest BCUT2D eigenvalue weighted by molar-refractivity contribution is 0.0950. The predicted molar refractivity (Wildman–Crippen MR) is 152 cm³/mol. The predicted octanol–water partition coefficient (Wildman–Crippen LogP) is 4.06. The van der Waals surface area contributed by atoms with Crippen molar-refractivity contribution in [3.8, 4) is 5.75 Å². The summed E-state index contributed by atoms with van der Waals surface area (Å²) in [5.41, 5.74) is 3.46. The number of amides is 1. The third kappa shape index (κ3) is 5.00. The average Bonchev–Trinajstić information content (AvgIpc) is 3.11. The van der Waals surface area contributed by atoms with E-state index in [1.807, 2.05) is 24.4 Å². The Morgan fingerprint density at radius 2 is 1.95 bits per heavy atom. The van der Waals surface area contributed by atoms with E-state index in [4.69, 9.17) is 19.4 Å². The first-order valence-corrected chi connectivity index (χ1v) is 15.5. The van der Waals surface area contributed by atoms with Crippen molar-refractivity contribution in [2.45, 2.75) is 43.2 Å². The van der Waals surface area contributed by atoms with E-state index in [0.717, 1.165) is 28.3 Å². The number of hydrogen-bond acceptors (Lipinski definition) is 9. The van der Waals surface area contributed by atoms with Gasteiger partial charge in [0.15, 0.2) is 21.4 Å². The van der Waals surface area contributed by atoms with Crippen LogP contribution in [0.4, 0.5) is 11.6 Å². The summed E-state index contributed by atoms with van der Waals surface area (Å²) in [7, 11) is -3.50. The third-order valence-corrected chi connectivity index (χ3v) is 9.75. The molecule has 0 saturated heterocycles. The molecule has 5 heterocycles. The van der Waals surface area contributed by atoms with E-state index in [1.54, 1.807) is 18.3 Å².